The Kier molecular flexibility index (Phi) is 8.52. The molecule has 0 saturated heterocycles. The van der Waals surface area contributed by atoms with E-state index in [-0.39, 0.29) is 17.4 Å². The van der Waals surface area contributed by atoms with Crippen molar-refractivity contribution in [3.05, 3.63) is 83.9 Å². The number of hydrogen-bond donors (Lipinski definition) is 2. The van der Waals surface area contributed by atoms with E-state index in [0.717, 1.165) is 45.2 Å². The minimum atomic E-state index is -0.00576. The molecule has 4 rings (SSSR count). The molecule has 0 saturated carbocycles. The van der Waals surface area contributed by atoms with Gasteiger partial charge in [-0.25, -0.2) is 15.0 Å². The van der Waals surface area contributed by atoms with E-state index in [1.807, 2.05) is 30.3 Å². The second-order valence-corrected chi connectivity index (χ2v) is 11.3. The third-order valence-electron chi connectivity index (χ3n) is 6.26. The quantitative estimate of drug-likeness (QED) is 0.246. The lowest BCUT2D eigenvalue weighted by atomic mass is 9.87. The van der Waals surface area contributed by atoms with E-state index in [9.17, 15) is 0 Å². The first-order valence-electron chi connectivity index (χ1n) is 12.7. The van der Waals surface area contributed by atoms with E-state index in [0.29, 0.717) is 19.0 Å². The number of ether oxygens (including phenoxy) is 1. The van der Waals surface area contributed by atoms with Crippen LogP contribution in [0.5, 0.6) is 5.88 Å². The summed E-state index contributed by atoms with van der Waals surface area (Å²) in [6, 6.07) is 18.0. The molecule has 1 atom stereocenters. The summed E-state index contributed by atoms with van der Waals surface area (Å²) in [7, 11) is 0. The molecule has 0 fully saturated rings. The number of thiol groups is 1. The first-order chi connectivity index (χ1) is 18.1. The van der Waals surface area contributed by atoms with E-state index in [1.165, 1.54) is 0 Å². The molecular weight excluding hydrogens is 492 g/mol. The SMILES string of the molecule is Cc1cccc(C)c1-c1cc(OCC(CC(C)(C)C)N(Cc2ncccn2)c2cccc(S)c2)nc(N)n1. The summed E-state index contributed by atoms with van der Waals surface area (Å²) in [6.45, 7) is 11.8. The van der Waals surface area contributed by atoms with Gasteiger partial charge in [-0.1, -0.05) is 45.0 Å². The summed E-state index contributed by atoms with van der Waals surface area (Å²) in [5, 5.41) is 0. The van der Waals surface area contributed by atoms with Gasteiger partial charge in [-0.3, -0.25) is 0 Å². The normalized spacial score (nSPS) is 12.3. The van der Waals surface area contributed by atoms with Crippen LogP contribution in [0, 0.1) is 19.3 Å². The minimum absolute atomic E-state index is 0.00576. The number of benzene rings is 2. The number of nitrogen functional groups attached to an aromatic ring is 1. The Morgan fingerprint density at radius 1 is 0.947 bits per heavy atom. The summed E-state index contributed by atoms with van der Waals surface area (Å²) in [5.41, 5.74) is 11.3. The van der Waals surface area contributed by atoms with Crippen LogP contribution >= 0.6 is 12.6 Å². The molecule has 0 bridgehead atoms. The molecule has 0 radical (unpaired) electrons. The Morgan fingerprint density at radius 2 is 1.63 bits per heavy atom. The lowest BCUT2D eigenvalue weighted by molar-refractivity contribution is 0.225. The van der Waals surface area contributed by atoms with Crippen LogP contribution < -0.4 is 15.4 Å². The van der Waals surface area contributed by atoms with Gasteiger partial charge in [-0.2, -0.15) is 4.98 Å². The smallest absolute Gasteiger partial charge is 0.223 e. The van der Waals surface area contributed by atoms with Gasteiger partial charge < -0.3 is 15.4 Å². The van der Waals surface area contributed by atoms with Gasteiger partial charge in [-0.05, 0) is 61.1 Å². The van der Waals surface area contributed by atoms with Crippen molar-refractivity contribution in [2.24, 2.45) is 5.41 Å². The van der Waals surface area contributed by atoms with Gasteiger partial charge in [0.15, 0.2) is 0 Å². The van der Waals surface area contributed by atoms with Crippen molar-refractivity contribution in [2.45, 2.75) is 58.5 Å². The predicted octanol–water partition coefficient (Wildman–Crippen LogP) is 6.31. The van der Waals surface area contributed by atoms with Gasteiger partial charge in [0.1, 0.15) is 12.4 Å². The second kappa shape index (κ2) is 11.8. The van der Waals surface area contributed by atoms with Gasteiger partial charge >= 0.3 is 0 Å². The zero-order valence-electron chi connectivity index (χ0n) is 22.7. The average molecular weight is 529 g/mol. The molecule has 4 aromatic rings. The van der Waals surface area contributed by atoms with E-state index < -0.39 is 0 Å². The van der Waals surface area contributed by atoms with Gasteiger partial charge in [0.25, 0.3) is 0 Å². The fourth-order valence-corrected chi connectivity index (χ4v) is 4.90. The molecule has 8 heteroatoms. The highest BCUT2D eigenvalue weighted by Gasteiger charge is 2.27. The van der Waals surface area contributed by atoms with Crippen LogP contribution in [-0.4, -0.2) is 32.6 Å². The van der Waals surface area contributed by atoms with Crippen LogP contribution in [0.3, 0.4) is 0 Å². The van der Waals surface area contributed by atoms with Crippen molar-refractivity contribution in [3.63, 3.8) is 0 Å². The number of aromatic nitrogens is 4. The molecule has 7 nitrogen and oxygen atoms in total. The molecule has 1 unspecified atom stereocenters. The molecule has 2 aromatic heterocycles. The Morgan fingerprint density at radius 3 is 2.29 bits per heavy atom. The topological polar surface area (TPSA) is 90.0 Å². The third-order valence-corrected chi connectivity index (χ3v) is 6.54. The van der Waals surface area contributed by atoms with Crippen molar-refractivity contribution in [1.82, 2.24) is 19.9 Å². The van der Waals surface area contributed by atoms with Crippen molar-refractivity contribution >= 4 is 24.3 Å². The van der Waals surface area contributed by atoms with E-state index >= 15 is 0 Å². The molecule has 0 aliphatic heterocycles. The molecule has 2 aromatic carbocycles. The van der Waals surface area contributed by atoms with Crippen LogP contribution in [0.15, 0.2) is 71.9 Å². The first kappa shape index (κ1) is 27.4. The van der Waals surface area contributed by atoms with Crippen LogP contribution in [0.1, 0.15) is 44.1 Å². The summed E-state index contributed by atoms with van der Waals surface area (Å²) in [4.78, 5) is 21.1. The fraction of sp³-hybridized carbons (Fsp3) is 0.333. The standard InChI is InChI=1S/C30H36N6OS/c1-20-9-6-10-21(2)28(20)25-16-27(35-29(31)34-25)37-19-23(17-30(3,4)5)36(18-26-32-13-8-14-33-26)22-11-7-12-24(38)15-22/h6-16,23,38H,17-19H2,1-5H3,(H2,31,34,35). The predicted molar refractivity (Wildman–Crippen MR) is 157 cm³/mol. The third kappa shape index (κ3) is 7.22. The van der Waals surface area contributed by atoms with Gasteiger partial charge in [0.2, 0.25) is 11.8 Å². The van der Waals surface area contributed by atoms with Crippen LogP contribution in [0.25, 0.3) is 11.3 Å². The molecule has 2 N–H and O–H groups in total. The largest absolute Gasteiger partial charge is 0.475 e. The molecular formula is C30H36N6OS. The molecule has 198 valence electrons. The molecule has 0 amide bonds. The molecule has 0 aliphatic carbocycles. The second-order valence-electron chi connectivity index (χ2n) is 10.8. The maximum Gasteiger partial charge on any atom is 0.223 e. The van der Waals surface area contributed by atoms with Crippen LogP contribution in [-0.2, 0) is 6.54 Å². The highest BCUT2D eigenvalue weighted by molar-refractivity contribution is 7.80. The van der Waals surface area contributed by atoms with Gasteiger partial charge in [-0.15, -0.1) is 12.6 Å². The lowest BCUT2D eigenvalue weighted by Crippen LogP contribution is -2.42. The summed E-state index contributed by atoms with van der Waals surface area (Å²) in [5.74, 6) is 1.37. The Hall–Kier alpha value is -3.65. The molecule has 2 heterocycles. The van der Waals surface area contributed by atoms with Gasteiger partial charge in [0, 0.05) is 34.6 Å². The maximum atomic E-state index is 6.37. The Labute approximate surface area is 230 Å². The zero-order chi connectivity index (χ0) is 27.3. The average Bonchev–Trinajstić information content (AvgIpc) is 2.85. The molecule has 0 aliphatic rings. The number of nitrogens with two attached hydrogens (primary N) is 1. The van der Waals surface area contributed by atoms with E-state index in [1.54, 1.807) is 12.4 Å². The van der Waals surface area contributed by atoms with E-state index in [2.05, 4.69) is 96.3 Å². The zero-order valence-corrected chi connectivity index (χ0v) is 23.6. The van der Waals surface area contributed by atoms with Gasteiger partial charge in [0.05, 0.1) is 18.3 Å². The first-order valence-corrected chi connectivity index (χ1v) is 13.2. The Balaban J connectivity index is 1.67. The molecule has 38 heavy (non-hydrogen) atoms. The number of hydrogen-bond acceptors (Lipinski definition) is 8. The van der Waals surface area contributed by atoms with Crippen molar-refractivity contribution in [2.75, 3.05) is 17.2 Å². The highest BCUT2D eigenvalue weighted by atomic mass is 32.1. The van der Waals surface area contributed by atoms with Crippen LogP contribution in [0.4, 0.5) is 11.6 Å². The highest BCUT2D eigenvalue weighted by Crippen LogP contribution is 2.31. The number of nitrogens with zero attached hydrogens (tertiary/aromatic N) is 5. The lowest BCUT2D eigenvalue weighted by Gasteiger charge is -2.37. The van der Waals surface area contributed by atoms with Crippen molar-refractivity contribution in [3.8, 4) is 17.1 Å². The monoisotopic (exact) mass is 528 g/mol. The summed E-state index contributed by atoms with van der Waals surface area (Å²) in [6.07, 6.45) is 4.40. The molecule has 0 spiro atoms. The van der Waals surface area contributed by atoms with Crippen LogP contribution in [0.2, 0.25) is 0 Å². The summed E-state index contributed by atoms with van der Waals surface area (Å²) < 4.78 is 6.37. The maximum absolute atomic E-state index is 6.37. The Bertz CT molecular complexity index is 1350. The fourth-order valence-electron chi connectivity index (χ4n) is 4.68. The number of anilines is 2. The summed E-state index contributed by atoms with van der Waals surface area (Å²) >= 11 is 4.59. The minimum Gasteiger partial charge on any atom is -0.475 e. The van der Waals surface area contributed by atoms with E-state index in [4.69, 9.17) is 10.5 Å². The number of rotatable bonds is 9. The van der Waals surface area contributed by atoms with Crippen molar-refractivity contribution in [1.29, 1.82) is 0 Å². The number of aryl methyl sites for hydroxylation is 2. The van der Waals surface area contributed by atoms with Crippen molar-refractivity contribution < 1.29 is 4.74 Å².